The van der Waals surface area contributed by atoms with Gasteiger partial charge in [-0.1, -0.05) is 17.3 Å². The second-order valence-electron chi connectivity index (χ2n) is 4.24. The number of carbonyl (C=O) groups is 2. The van der Waals surface area contributed by atoms with Gasteiger partial charge in [0.25, 0.3) is 0 Å². The third kappa shape index (κ3) is 3.05. The monoisotopic (exact) mass is 315 g/mol. The smallest absolute Gasteiger partial charge is 0.436 e. The Bertz CT molecular complexity index is 722. The van der Waals surface area contributed by atoms with Crippen LogP contribution < -0.4 is 0 Å². The van der Waals surface area contributed by atoms with E-state index in [9.17, 15) is 22.8 Å². The number of alkyl halides is 3. The maximum absolute atomic E-state index is 13.0. The molecule has 2 N–H and O–H groups in total. The summed E-state index contributed by atoms with van der Waals surface area (Å²) in [7, 11) is 0. The number of rotatable bonds is 4. The van der Waals surface area contributed by atoms with Gasteiger partial charge in [-0.25, -0.2) is 9.48 Å². The van der Waals surface area contributed by atoms with Crippen LogP contribution in [0, 0.1) is 0 Å². The molecule has 0 spiro atoms. The number of carboxylic acids is 2. The van der Waals surface area contributed by atoms with E-state index in [1.54, 1.807) is 0 Å². The van der Waals surface area contributed by atoms with E-state index in [4.69, 9.17) is 10.2 Å². The molecule has 22 heavy (non-hydrogen) atoms. The van der Waals surface area contributed by atoms with Crippen LogP contribution >= 0.6 is 0 Å². The molecule has 0 aliphatic heterocycles. The van der Waals surface area contributed by atoms with Crippen molar-refractivity contribution in [3.63, 3.8) is 0 Å². The van der Waals surface area contributed by atoms with Gasteiger partial charge < -0.3 is 10.2 Å². The number of halogens is 3. The first kappa shape index (κ1) is 15.5. The van der Waals surface area contributed by atoms with Gasteiger partial charge in [-0.3, -0.25) is 4.79 Å². The number of carboxylic acid groups (broad SMARTS) is 2. The molecule has 0 fully saturated rings. The Hall–Kier alpha value is -2.91. The molecule has 116 valence electrons. The highest BCUT2D eigenvalue weighted by atomic mass is 19.4. The first-order valence-corrected chi connectivity index (χ1v) is 5.77. The Morgan fingerprint density at radius 2 is 1.73 bits per heavy atom. The number of benzene rings is 1. The Labute approximate surface area is 120 Å². The van der Waals surface area contributed by atoms with E-state index in [0.29, 0.717) is 10.2 Å². The Kier molecular flexibility index (Phi) is 3.85. The minimum absolute atomic E-state index is 0.0820. The number of aromatic carboxylic acids is 1. The second kappa shape index (κ2) is 5.47. The molecule has 1 heterocycles. The molecule has 7 nitrogen and oxygen atoms in total. The topological polar surface area (TPSA) is 105 Å². The second-order valence-corrected chi connectivity index (χ2v) is 4.24. The molecule has 0 radical (unpaired) electrons. The summed E-state index contributed by atoms with van der Waals surface area (Å²) in [5.74, 6) is -2.93. The van der Waals surface area contributed by atoms with Crippen LogP contribution in [0.3, 0.4) is 0 Å². The normalized spacial score (nSPS) is 11.4. The quantitative estimate of drug-likeness (QED) is 0.888. The van der Waals surface area contributed by atoms with Crippen molar-refractivity contribution >= 4 is 11.9 Å². The molecule has 2 aromatic rings. The minimum atomic E-state index is -4.96. The third-order valence-electron chi connectivity index (χ3n) is 2.68. The fourth-order valence-electron chi connectivity index (χ4n) is 1.79. The van der Waals surface area contributed by atoms with Gasteiger partial charge in [0.05, 0.1) is 12.1 Å². The molecule has 0 saturated carbocycles. The summed E-state index contributed by atoms with van der Waals surface area (Å²) in [5, 5.41) is 23.6. The van der Waals surface area contributed by atoms with E-state index in [-0.39, 0.29) is 12.1 Å². The van der Waals surface area contributed by atoms with Crippen LogP contribution in [0.5, 0.6) is 0 Å². The van der Waals surface area contributed by atoms with E-state index in [1.165, 1.54) is 24.3 Å². The standard InChI is InChI=1S/C12H8F3N3O4/c13-12(14,15)10-9(11(21)22)16-17-18(10)7-3-1-6(2-4-7)5-8(19)20/h1-4H,5H2,(H,19,20)(H,21,22). The molecule has 0 saturated heterocycles. The summed E-state index contributed by atoms with van der Waals surface area (Å²) in [6.07, 6.45) is -5.25. The van der Waals surface area contributed by atoms with Crippen LogP contribution in [0.2, 0.25) is 0 Å². The number of nitrogens with zero attached hydrogens (tertiary/aromatic N) is 3. The van der Waals surface area contributed by atoms with Crippen LogP contribution in [0.15, 0.2) is 24.3 Å². The van der Waals surface area contributed by atoms with Crippen molar-refractivity contribution in [2.75, 3.05) is 0 Å². The van der Waals surface area contributed by atoms with Gasteiger partial charge in [0.15, 0.2) is 5.69 Å². The Balaban J connectivity index is 2.49. The molecule has 0 aliphatic rings. The molecule has 1 aromatic carbocycles. The summed E-state index contributed by atoms with van der Waals surface area (Å²) >= 11 is 0. The summed E-state index contributed by atoms with van der Waals surface area (Å²) in [5.41, 5.74) is -2.42. The van der Waals surface area contributed by atoms with Crippen molar-refractivity contribution in [2.45, 2.75) is 12.6 Å². The van der Waals surface area contributed by atoms with Gasteiger partial charge in [-0.2, -0.15) is 13.2 Å². The summed E-state index contributed by atoms with van der Waals surface area (Å²) < 4.78 is 39.3. The van der Waals surface area contributed by atoms with Crippen LogP contribution in [-0.2, 0) is 17.4 Å². The van der Waals surface area contributed by atoms with Gasteiger partial charge in [0.1, 0.15) is 0 Å². The molecule has 0 atom stereocenters. The predicted molar refractivity (Wildman–Crippen MR) is 64.7 cm³/mol. The lowest BCUT2D eigenvalue weighted by molar-refractivity contribution is -0.143. The minimum Gasteiger partial charge on any atom is -0.481 e. The lowest BCUT2D eigenvalue weighted by Gasteiger charge is -2.10. The van der Waals surface area contributed by atoms with Gasteiger partial charge in [-0.05, 0) is 17.7 Å². The van der Waals surface area contributed by atoms with Crippen molar-refractivity contribution in [3.05, 3.63) is 41.2 Å². The molecule has 10 heteroatoms. The molecular formula is C12H8F3N3O4. The third-order valence-corrected chi connectivity index (χ3v) is 2.68. The van der Waals surface area contributed by atoms with Gasteiger partial charge in [-0.15, -0.1) is 5.10 Å². The van der Waals surface area contributed by atoms with Gasteiger partial charge in [0, 0.05) is 0 Å². The molecule has 0 aliphatic carbocycles. The zero-order valence-electron chi connectivity index (χ0n) is 10.7. The van der Waals surface area contributed by atoms with Crippen LogP contribution in [-0.4, -0.2) is 37.1 Å². The van der Waals surface area contributed by atoms with Crippen LogP contribution in [0.4, 0.5) is 13.2 Å². The van der Waals surface area contributed by atoms with Crippen molar-refractivity contribution in [3.8, 4) is 5.69 Å². The molecule has 0 unspecified atom stereocenters. The number of aliphatic carboxylic acids is 1. The van der Waals surface area contributed by atoms with Crippen LogP contribution in [0.1, 0.15) is 21.7 Å². The lowest BCUT2D eigenvalue weighted by Crippen LogP contribution is -2.17. The SMILES string of the molecule is O=C(O)Cc1ccc(-n2nnc(C(=O)O)c2C(F)(F)F)cc1. The van der Waals surface area contributed by atoms with E-state index in [0.717, 1.165) is 0 Å². The van der Waals surface area contributed by atoms with Crippen LogP contribution in [0.25, 0.3) is 5.69 Å². The van der Waals surface area contributed by atoms with E-state index < -0.39 is 29.5 Å². The fraction of sp³-hybridized carbons (Fsp3) is 0.167. The Morgan fingerprint density at radius 3 is 2.18 bits per heavy atom. The maximum Gasteiger partial charge on any atom is 0.436 e. The molecule has 1 aromatic heterocycles. The molecular weight excluding hydrogens is 307 g/mol. The first-order chi connectivity index (χ1) is 10.2. The molecule has 2 rings (SSSR count). The highest BCUT2D eigenvalue weighted by Gasteiger charge is 2.42. The lowest BCUT2D eigenvalue weighted by atomic mass is 10.1. The summed E-state index contributed by atoms with van der Waals surface area (Å²) in [6.45, 7) is 0. The largest absolute Gasteiger partial charge is 0.481 e. The summed E-state index contributed by atoms with van der Waals surface area (Å²) in [4.78, 5) is 21.4. The van der Waals surface area contributed by atoms with Crippen molar-refractivity contribution < 1.29 is 33.0 Å². The van der Waals surface area contributed by atoms with Gasteiger partial charge >= 0.3 is 18.1 Å². The molecule has 0 amide bonds. The Morgan fingerprint density at radius 1 is 1.14 bits per heavy atom. The maximum atomic E-state index is 13.0. The van der Waals surface area contributed by atoms with Crippen molar-refractivity contribution in [2.24, 2.45) is 0 Å². The highest BCUT2D eigenvalue weighted by Crippen LogP contribution is 2.32. The van der Waals surface area contributed by atoms with Crippen molar-refractivity contribution in [1.82, 2.24) is 15.0 Å². The van der Waals surface area contributed by atoms with Gasteiger partial charge in [0.2, 0.25) is 5.69 Å². The number of aromatic nitrogens is 3. The zero-order valence-corrected chi connectivity index (χ0v) is 10.7. The average Bonchev–Trinajstić information content (AvgIpc) is 2.83. The average molecular weight is 315 g/mol. The fourth-order valence-corrected chi connectivity index (χ4v) is 1.79. The van der Waals surface area contributed by atoms with E-state index in [2.05, 4.69) is 10.3 Å². The highest BCUT2D eigenvalue weighted by molar-refractivity contribution is 5.86. The number of hydrogen-bond donors (Lipinski definition) is 2. The number of hydrogen-bond acceptors (Lipinski definition) is 4. The molecule has 0 bridgehead atoms. The van der Waals surface area contributed by atoms with Crippen molar-refractivity contribution in [1.29, 1.82) is 0 Å². The zero-order chi connectivity index (χ0) is 16.5. The first-order valence-electron chi connectivity index (χ1n) is 5.77. The van der Waals surface area contributed by atoms with E-state index >= 15 is 0 Å². The summed E-state index contributed by atoms with van der Waals surface area (Å²) in [6, 6.07) is 5.03. The predicted octanol–water partition coefficient (Wildman–Crippen LogP) is 1.61. The van der Waals surface area contributed by atoms with E-state index in [1.807, 2.05) is 0 Å².